The summed E-state index contributed by atoms with van der Waals surface area (Å²) in [6, 6.07) is 16.1. The zero-order valence-corrected chi connectivity index (χ0v) is 13.6. The molecule has 0 saturated heterocycles. The van der Waals surface area contributed by atoms with Crippen molar-refractivity contribution < 1.29 is 9.57 Å². The fourth-order valence-electron chi connectivity index (χ4n) is 3.21. The van der Waals surface area contributed by atoms with Gasteiger partial charge in [-0.2, -0.15) is 0 Å². The average molecular weight is 358 g/mol. The number of ether oxygens (including phenoxy) is 1. The molecule has 4 rings (SSSR count). The molecule has 22 heavy (non-hydrogen) atoms. The monoisotopic (exact) mass is 357 g/mol. The van der Waals surface area contributed by atoms with Gasteiger partial charge in [-0.15, -0.1) is 0 Å². The topological polar surface area (TPSA) is 30.5 Å². The summed E-state index contributed by atoms with van der Waals surface area (Å²) in [6.45, 7) is 0. The molecule has 2 aliphatic rings. The maximum atomic E-state index is 5.94. The number of nitrogens with one attached hydrogen (secondary N) is 1. The smallest absolute Gasteiger partial charge is 0.142 e. The average Bonchev–Trinajstić information content (AvgIpc) is 2.90. The van der Waals surface area contributed by atoms with E-state index < -0.39 is 0 Å². The van der Waals surface area contributed by atoms with Crippen molar-refractivity contribution >= 4 is 15.9 Å². The van der Waals surface area contributed by atoms with Crippen molar-refractivity contribution in [2.75, 3.05) is 0 Å². The molecule has 0 unspecified atom stereocenters. The van der Waals surface area contributed by atoms with Crippen LogP contribution in [0.4, 0.5) is 0 Å². The van der Waals surface area contributed by atoms with Crippen molar-refractivity contribution in [3.63, 3.8) is 0 Å². The molecule has 0 saturated carbocycles. The van der Waals surface area contributed by atoms with Crippen LogP contribution in [0.25, 0.3) is 0 Å². The molecule has 3 nitrogen and oxygen atoms in total. The number of halogens is 1. The molecule has 1 aliphatic carbocycles. The summed E-state index contributed by atoms with van der Waals surface area (Å²) in [5.41, 5.74) is 5.09. The van der Waals surface area contributed by atoms with E-state index in [1.807, 2.05) is 36.4 Å². The van der Waals surface area contributed by atoms with Crippen molar-refractivity contribution in [2.24, 2.45) is 0 Å². The van der Waals surface area contributed by atoms with Gasteiger partial charge in [-0.25, -0.2) is 0 Å². The normalized spacial score (nSPS) is 22.9. The van der Waals surface area contributed by atoms with Crippen molar-refractivity contribution in [3.05, 3.63) is 70.3 Å². The summed E-state index contributed by atoms with van der Waals surface area (Å²) in [6.07, 6.45) is 5.25. The predicted molar refractivity (Wildman–Crippen MR) is 88.8 cm³/mol. The van der Waals surface area contributed by atoms with E-state index in [1.165, 1.54) is 11.1 Å². The van der Waals surface area contributed by atoms with Crippen molar-refractivity contribution in [1.29, 1.82) is 0 Å². The lowest BCUT2D eigenvalue weighted by molar-refractivity contribution is -0.0522. The van der Waals surface area contributed by atoms with Gasteiger partial charge in [0.15, 0.2) is 0 Å². The van der Waals surface area contributed by atoms with E-state index in [0.717, 1.165) is 35.4 Å². The zero-order valence-electron chi connectivity index (χ0n) is 12.0. The van der Waals surface area contributed by atoms with Crippen LogP contribution >= 0.6 is 15.9 Å². The molecule has 1 spiro atoms. The minimum absolute atomic E-state index is 0.350. The number of benzene rings is 2. The van der Waals surface area contributed by atoms with Crippen LogP contribution in [0.5, 0.6) is 11.5 Å². The Hall–Kier alpha value is -1.78. The van der Waals surface area contributed by atoms with Gasteiger partial charge in [0.2, 0.25) is 0 Å². The van der Waals surface area contributed by atoms with Gasteiger partial charge in [0.25, 0.3) is 0 Å². The lowest BCUT2D eigenvalue weighted by Gasteiger charge is -2.32. The first kappa shape index (κ1) is 13.9. The number of aryl methyl sites for hydroxylation is 1. The minimum atomic E-state index is -0.350. The fraction of sp³-hybridized carbons (Fsp3) is 0.222. The van der Waals surface area contributed by atoms with E-state index in [1.54, 1.807) is 0 Å². The van der Waals surface area contributed by atoms with Gasteiger partial charge >= 0.3 is 0 Å². The van der Waals surface area contributed by atoms with Crippen LogP contribution in [0.2, 0.25) is 0 Å². The number of hydroxylamine groups is 1. The molecule has 112 valence electrons. The highest BCUT2D eigenvalue weighted by molar-refractivity contribution is 9.11. The number of hydrogen-bond donors (Lipinski definition) is 1. The first-order valence-electron chi connectivity index (χ1n) is 7.44. The van der Waals surface area contributed by atoms with Gasteiger partial charge in [0, 0.05) is 0 Å². The van der Waals surface area contributed by atoms with Crippen molar-refractivity contribution in [2.45, 2.75) is 24.9 Å². The number of rotatable bonds is 2. The van der Waals surface area contributed by atoms with Crippen LogP contribution in [0.15, 0.2) is 59.2 Å². The fourth-order valence-corrected chi connectivity index (χ4v) is 3.66. The predicted octanol–water partition coefficient (Wildman–Crippen LogP) is 4.78. The van der Waals surface area contributed by atoms with Crippen LogP contribution in [0, 0.1) is 0 Å². The summed E-state index contributed by atoms with van der Waals surface area (Å²) < 4.78 is 6.83. The van der Waals surface area contributed by atoms with Gasteiger partial charge in [-0.1, -0.05) is 24.3 Å². The highest BCUT2D eigenvalue weighted by atomic mass is 79.9. The van der Waals surface area contributed by atoms with Crippen LogP contribution in [-0.2, 0) is 16.9 Å². The van der Waals surface area contributed by atoms with Crippen molar-refractivity contribution in [1.82, 2.24) is 5.48 Å². The highest BCUT2D eigenvalue weighted by Gasteiger charge is 2.40. The standard InChI is InChI=1S/C18H16BrNO2/c19-17-12-18(22-20-17)10-4-5-13-11-15(8-9-16(13)18)21-14-6-2-1-3-7-14/h1-3,6-9,11-12,20H,4-5,10H2/t18-/m1/s1. The number of hydrogen-bond acceptors (Lipinski definition) is 3. The van der Waals surface area contributed by atoms with Gasteiger partial charge < -0.3 is 4.74 Å². The van der Waals surface area contributed by atoms with E-state index in [0.29, 0.717) is 0 Å². The van der Waals surface area contributed by atoms with Gasteiger partial charge in [-0.3, -0.25) is 10.3 Å². The molecule has 2 aromatic rings. The quantitative estimate of drug-likeness (QED) is 0.784. The van der Waals surface area contributed by atoms with E-state index in [4.69, 9.17) is 9.57 Å². The van der Waals surface area contributed by atoms with Crippen LogP contribution in [-0.4, -0.2) is 0 Å². The zero-order chi connectivity index (χ0) is 15.0. The van der Waals surface area contributed by atoms with E-state index in [9.17, 15) is 0 Å². The maximum Gasteiger partial charge on any atom is 0.142 e. The summed E-state index contributed by atoms with van der Waals surface area (Å²) >= 11 is 3.46. The van der Waals surface area contributed by atoms with Gasteiger partial charge in [0.05, 0.1) is 0 Å². The second-order valence-electron chi connectivity index (χ2n) is 5.67. The minimum Gasteiger partial charge on any atom is -0.457 e. The molecule has 0 fully saturated rings. The molecule has 1 atom stereocenters. The third-order valence-corrected chi connectivity index (χ3v) is 4.59. The molecular formula is C18H16BrNO2. The number of fused-ring (bicyclic) bond motifs is 2. The van der Waals surface area contributed by atoms with E-state index >= 15 is 0 Å². The summed E-state index contributed by atoms with van der Waals surface area (Å²) in [5.74, 6) is 1.73. The molecule has 0 bridgehead atoms. The SMILES string of the molecule is BrC1=C[C@@]2(CCCc3cc(Oc4ccccc4)ccc32)ON1. The van der Waals surface area contributed by atoms with Crippen LogP contribution in [0.1, 0.15) is 24.0 Å². The Morgan fingerprint density at radius 2 is 1.95 bits per heavy atom. The maximum absolute atomic E-state index is 5.94. The Balaban J connectivity index is 1.67. The molecule has 0 aromatic heterocycles. The summed E-state index contributed by atoms with van der Waals surface area (Å²) in [4.78, 5) is 5.85. The van der Waals surface area contributed by atoms with Crippen LogP contribution < -0.4 is 10.2 Å². The first-order valence-corrected chi connectivity index (χ1v) is 8.23. The lowest BCUT2D eigenvalue weighted by Crippen LogP contribution is -2.31. The third kappa shape index (κ3) is 2.42. The second kappa shape index (κ2) is 5.45. The summed E-state index contributed by atoms with van der Waals surface area (Å²) in [5, 5.41) is 0. The Kier molecular flexibility index (Phi) is 3.43. The largest absolute Gasteiger partial charge is 0.457 e. The van der Waals surface area contributed by atoms with Crippen molar-refractivity contribution in [3.8, 4) is 11.5 Å². The van der Waals surface area contributed by atoms with Crippen LogP contribution in [0.3, 0.4) is 0 Å². The summed E-state index contributed by atoms with van der Waals surface area (Å²) in [7, 11) is 0. The highest BCUT2D eigenvalue weighted by Crippen LogP contribution is 2.44. The second-order valence-corrected chi connectivity index (χ2v) is 6.53. The lowest BCUT2D eigenvalue weighted by atomic mass is 9.79. The molecule has 1 aliphatic heterocycles. The van der Waals surface area contributed by atoms with E-state index in [2.05, 4.69) is 39.6 Å². The molecular weight excluding hydrogens is 342 g/mol. The Morgan fingerprint density at radius 1 is 1.09 bits per heavy atom. The van der Waals surface area contributed by atoms with Gasteiger partial charge in [-0.05, 0) is 76.7 Å². The van der Waals surface area contributed by atoms with E-state index in [-0.39, 0.29) is 5.60 Å². The van der Waals surface area contributed by atoms with Gasteiger partial charge in [0.1, 0.15) is 21.7 Å². The third-order valence-electron chi connectivity index (χ3n) is 4.20. The molecule has 0 radical (unpaired) electrons. The molecule has 1 N–H and O–H groups in total. The first-order chi connectivity index (χ1) is 10.8. The molecule has 4 heteroatoms. The number of para-hydroxylation sites is 1. The molecule has 0 amide bonds. The molecule has 1 heterocycles. The Morgan fingerprint density at radius 3 is 2.73 bits per heavy atom. The Labute approximate surface area is 138 Å². The molecule has 2 aromatic carbocycles. The Bertz CT molecular complexity index is 729.